The van der Waals surface area contributed by atoms with Crippen LogP contribution in [0.3, 0.4) is 0 Å². The molecule has 0 fully saturated rings. The van der Waals surface area contributed by atoms with Gasteiger partial charge in [0.25, 0.3) is 0 Å². The molecule has 17 heavy (non-hydrogen) atoms. The zero-order valence-electron chi connectivity index (χ0n) is 10.3. The Morgan fingerprint density at radius 2 is 2.06 bits per heavy atom. The number of benzene rings is 1. The van der Waals surface area contributed by atoms with Gasteiger partial charge in [0.15, 0.2) is 0 Å². The van der Waals surface area contributed by atoms with Crippen LogP contribution in [0.2, 0.25) is 0 Å². The fourth-order valence-corrected chi connectivity index (χ4v) is 1.49. The fourth-order valence-electron chi connectivity index (χ4n) is 1.49. The number of likely N-dealkylation sites (N-methyl/N-ethyl adjacent to an activating group) is 1. The Morgan fingerprint density at radius 3 is 2.59 bits per heavy atom. The monoisotopic (exact) mass is 234 g/mol. The first-order valence-electron chi connectivity index (χ1n) is 5.61. The van der Waals surface area contributed by atoms with Gasteiger partial charge in [0.1, 0.15) is 12.4 Å². The van der Waals surface area contributed by atoms with Crippen LogP contribution in [0.25, 0.3) is 0 Å². The molecule has 0 aliphatic carbocycles. The summed E-state index contributed by atoms with van der Waals surface area (Å²) in [4.78, 5) is 2.01. The van der Waals surface area contributed by atoms with E-state index in [-0.39, 0.29) is 6.10 Å². The van der Waals surface area contributed by atoms with E-state index in [1.54, 1.807) is 31.2 Å². The first-order chi connectivity index (χ1) is 8.11. The minimum Gasteiger partial charge on any atom is -0.492 e. The SMILES string of the molecule is CC(O)CN(C)CCOc1ccc(C#N)cc1. The van der Waals surface area contributed by atoms with E-state index in [1.807, 2.05) is 11.9 Å². The van der Waals surface area contributed by atoms with Crippen LogP contribution >= 0.6 is 0 Å². The van der Waals surface area contributed by atoms with Gasteiger partial charge >= 0.3 is 0 Å². The summed E-state index contributed by atoms with van der Waals surface area (Å²) < 4.78 is 5.53. The molecule has 0 aliphatic rings. The number of hydrogen-bond donors (Lipinski definition) is 1. The number of rotatable bonds is 6. The first kappa shape index (κ1) is 13.5. The summed E-state index contributed by atoms with van der Waals surface area (Å²) in [6.07, 6.45) is -0.324. The van der Waals surface area contributed by atoms with Crippen LogP contribution in [0, 0.1) is 11.3 Å². The zero-order valence-corrected chi connectivity index (χ0v) is 10.3. The van der Waals surface area contributed by atoms with Crippen LogP contribution < -0.4 is 4.74 Å². The van der Waals surface area contributed by atoms with E-state index in [4.69, 9.17) is 10.00 Å². The fraction of sp³-hybridized carbons (Fsp3) is 0.462. The number of aliphatic hydroxyl groups excluding tert-OH is 1. The number of hydrogen-bond acceptors (Lipinski definition) is 4. The molecule has 0 aliphatic heterocycles. The van der Waals surface area contributed by atoms with Gasteiger partial charge in [-0.1, -0.05) is 0 Å². The molecule has 1 unspecified atom stereocenters. The molecule has 0 saturated carbocycles. The molecule has 4 nitrogen and oxygen atoms in total. The van der Waals surface area contributed by atoms with Crippen LogP contribution in [-0.4, -0.2) is 42.9 Å². The van der Waals surface area contributed by atoms with Crippen molar-refractivity contribution in [1.82, 2.24) is 4.90 Å². The van der Waals surface area contributed by atoms with E-state index in [0.717, 1.165) is 12.3 Å². The molecular formula is C13H18N2O2. The molecular weight excluding hydrogens is 216 g/mol. The number of nitrogens with zero attached hydrogens (tertiary/aromatic N) is 2. The zero-order chi connectivity index (χ0) is 12.7. The molecule has 0 radical (unpaired) electrons. The number of nitriles is 1. The number of aliphatic hydroxyl groups is 1. The van der Waals surface area contributed by atoms with Crippen molar-refractivity contribution in [3.05, 3.63) is 29.8 Å². The Morgan fingerprint density at radius 1 is 1.41 bits per heavy atom. The van der Waals surface area contributed by atoms with Crippen molar-refractivity contribution in [3.8, 4) is 11.8 Å². The van der Waals surface area contributed by atoms with Gasteiger partial charge in [-0.2, -0.15) is 5.26 Å². The standard InChI is InChI=1S/C13H18N2O2/c1-11(16)10-15(2)7-8-17-13-5-3-12(9-14)4-6-13/h3-6,11,16H,7-8,10H2,1-2H3. The Bertz CT molecular complexity index is 368. The minimum absolute atomic E-state index is 0.324. The maximum atomic E-state index is 9.18. The Kier molecular flexibility index (Phi) is 5.47. The third-order valence-electron chi connectivity index (χ3n) is 2.30. The smallest absolute Gasteiger partial charge is 0.119 e. The minimum atomic E-state index is -0.324. The first-order valence-corrected chi connectivity index (χ1v) is 5.61. The second-order valence-electron chi connectivity index (χ2n) is 4.10. The molecule has 1 atom stereocenters. The molecule has 0 spiro atoms. The average molecular weight is 234 g/mol. The molecule has 0 bridgehead atoms. The third kappa shape index (κ3) is 5.34. The van der Waals surface area contributed by atoms with Crippen molar-refractivity contribution in [2.75, 3.05) is 26.7 Å². The third-order valence-corrected chi connectivity index (χ3v) is 2.30. The van der Waals surface area contributed by atoms with Gasteiger partial charge in [0.05, 0.1) is 17.7 Å². The van der Waals surface area contributed by atoms with E-state index in [1.165, 1.54) is 0 Å². The summed E-state index contributed by atoms with van der Waals surface area (Å²) in [6, 6.07) is 9.09. The Hall–Kier alpha value is -1.57. The van der Waals surface area contributed by atoms with Gasteiger partial charge in [-0.05, 0) is 38.2 Å². The summed E-state index contributed by atoms with van der Waals surface area (Å²) in [5.41, 5.74) is 0.628. The van der Waals surface area contributed by atoms with Gasteiger partial charge in [0.2, 0.25) is 0 Å². The predicted octanol–water partition coefficient (Wildman–Crippen LogP) is 1.25. The maximum absolute atomic E-state index is 9.18. The van der Waals surface area contributed by atoms with Crippen LogP contribution in [0.15, 0.2) is 24.3 Å². The van der Waals surface area contributed by atoms with Gasteiger partial charge < -0.3 is 14.7 Å². The molecule has 1 N–H and O–H groups in total. The Labute approximate surface area is 102 Å². The second kappa shape index (κ2) is 6.89. The molecule has 0 amide bonds. The van der Waals surface area contributed by atoms with Crippen LogP contribution in [-0.2, 0) is 0 Å². The van der Waals surface area contributed by atoms with Crippen LogP contribution in [0.1, 0.15) is 12.5 Å². The van der Waals surface area contributed by atoms with Crippen molar-refractivity contribution >= 4 is 0 Å². The summed E-state index contributed by atoms with van der Waals surface area (Å²) in [5.74, 6) is 0.759. The summed E-state index contributed by atoms with van der Waals surface area (Å²) in [5, 5.41) is 17.8. The topological polar surface area (TPSA) is 56.5 Å². The van der Waals surface area contributed by atoms with Gasteiger partial charge in [-0.3, -0.25) is 0 Å². The molecule has 0 heterocycles. The molecule has 1 rings (SSSR count). The van der Waals surface area contributed by atoms with Crippen molar-refractivity contribution < 1.29 is 9.84 Å². The van der Waals surface area contributed by atoms with E-state index in [2.05, 4.69) is 6.07 Å². The lowest BCUT2D eigenvalue weighted by molar-refractivity contribution is 0.131. The molecule has 0 saturated heterocycles. The van der Waals surface area contributed by atoms with E-state index < -0.39 is 0 Å². The van der Waals surface area contributed by atoms with Crippen LogP contribution in [0.4, 0.5) is 0 Å². The van der Waals surface area contributed by atoms with Crippen molar-refractivity contribution in [1.29, 1.82) is 5.26 Å². The second-order valence-corrected chi connectivity index (χ2v) is 4.10. The summed E-state index contributed by atoms with van der Waals surface area (Å²) >= 11 is 0. The van der Waals surface area contributed by atoms with E-state index >= 15 is 0 Å². The molecule has 92 valence electrons. The highest BCUT2D eigenvalue weighted by atomic mass is 16.5. The molecule has 4 heteroatoms. The maximum Gasteiger partial charge on any atom is 0.119 e. The van der Waals surface area contributed by atoms with Gasteiger partial charge in [-0.15, -0.1) is 0 Å². The van der Waals surface area contributed by atoms with Gasteiger partial charge in [0, 0.05) is 13.1 Å². The lowest BCUT2D eigenvalue weighted by Crippen LogP contribution is -2.30. The normalized spacial score (nSPS) is 12.2. The molecule has 0 aromatic heterocycles. The Balaban J connectivity index is 2.28. The highest BCUT2D eigenvalue weighted by Crippen LogP contribution is 2.11. The lowest BCUT2D eigenvalue weighted by Gasteiger charge is -2.18. The molecule has 1 aromatic rings. The van der Waals surface area contributed by atoms with Crippen molar-refractivity contribution in [2.24, 2.45) is 0 Å². The predicted molar refractivity (Wildman–Crippen MR) is 65.8 cm³/mol. The van der Waals surface area contributed by atoms with Crippen LogP contribution in [0.5, 0.6) is 5.75 Å². The van der Waals surface area contributed by atoms with E-state index in [0.29, 0.717) is 18.7 Å². The summed E-state index contributed by atoms with van der Waals surface area (Å²) in [7, 11) is 1.94. The number of ether oxygens (including phenoxy) is 1. The quantitative estimate of drug-likeness (QED) is 0.805. The van der Waals surface area contributed by atoms with Crippen molar-refractivity contribution in [3.63, 3.8) is 0 Å². The lowest BCUT2D eigenvalue weighted by atomic mass is 10.2. The van der Waals surface area contributed by atoms with Crippen molar-refractivity contribution in [2.45, 2.75) is 13.0 Å². The average Bonchev–Trinajstić information content (AvgIpc) is 2.29. The highest BCUT2D eigenvalue weighted by molar-refractivity contribution is 5.34. The van der Waals surface area contributed by atoms with Gasteiger partial charge in [-0.25, -0.2) is 0 Å². The highest BCUT2D eigenvalue weighted by Gasteiger charge is 2.02. The van der Waals surface area contributed by atoms with E-state index in [9.17, 15) is 5.11 Å². The largest absolute Gasteiger partial charge is 0.492 e. The molecule has 1 aromatic carbocycles. The summed E-state index contributed by atoms with van der Waals surface area (Å²) in [6.45, 7) is 3.72.